The van der Waals surface area contributed by atoms with Crippen molar-refractivity contribution >= 4 is 17.9 Å². The molecule has 0 bridgehead atoms. The molecule has 0 fully saturated rings. The first-order valence-corrected chi connectivity index (χ1v) is 34.5. The lowest BCUT2D eigenvalue weighted by Gasteiger charge is -2.25. The van der Waals surface area contributed by atoms with E-state index >= 15 is 0 Å². The number of likely N-dealkylation sites (N-methyl/N-ethyl adjacent to an activating group) is 1. The molecule has 0 saturated carbocycles. The third-order valence-corrected chi connectivity index (χ3v) is 15.7. The van der Waals surface area contributed by atoms with Crippen LogP contribution in [0.2, 0.25) is 0 Å². The molecule has 0 saturated heterocycles. The number of carbonyl (C=O) groups excluding carboxylic acids is 2. The second-order valence-electron chi connectivity index (χ2n) is 24.8. The maximum absolute atomic E-state index is 12.9. The van der Waals surface area contributed by atoms with Crippen LogP contribution in [0.5, 0.6) is 0 Å². The number of nitrogens with zero attached hydrogens (tertiary/aromatic N) is 1. The van der Waals surface area contributed by atoms with E-state index in [2.05, 4.69) is 38.2 Å². The number of allylic oxidation sites excluding steroid dienone is 4. The van der Waals surface area contributed by atoms with Gasteiger partial charge in [-0.2, -0.15) is 0 Å². The van der Waals surface area contributed by atoms with Crippen LogP contribution in [0, 0.1) is 0 Å². The van der Waals surface area contributed by atoms with E-state index in [4.69, 9.17) is 18.9 Å². The number of ether oxygens (including phenoxy) is 4. The number of carboxylic acid groups (broad SMARTS) is 1. The van der Waals surface area contributed by atoms with Crippen LogP contribution in [0.3, 0.4) is 0 Å². The van der Waals surface area contributed by atoms with Crippen LogP contribution in [-0.4, -0.2) is 87.4 Å². The van der Waals surface area contributed by atoms with Crippen LogP contribution in [0.15, 0.2) is 24.3 Å². The van der Waals surface area contributed by atoms with Crippen LogP contribution in [0.1, 0.15) is 348 Å². The Morgan fingerprint density at radius 1 is 0.367 bits per heavy atom. The quantitative estimate of drug-likeness (QED) is 0.0211. The summed E-state index contributed by atoms with van der Waals surface area (Å²) >= 11 is 0. The lowest BCUT2D eigenvalue weighted by molar-refractivity contribution is -0.870. The molecule has 466 valence electrons. The fourth-order valence-corrected chi connectivity index (χ4v) is 10.4. The minimum atomic E-state index is -1.51. The van der Waals surface area contributed by atoms with E-state index in [1.807, 2.05) is 21.1 Å². The molecule has 2 atom stereocenters. The van der Waals surface area contributed by atoms with Gasteiger partial charge in [0.15, 0.2) is 6.10 Å². The number of carbonyl (C=O) groups is 3. The fourth-order valence-electron chi connectivity index (χ4n) is 10.4. The normalized spacial score (nSPS) is 12.8. The smallest absolute Gasteiger partial charge is 0.361 e. The van der Waals surface area contributed by atoms with E-state index in [9.17, 15) is 19.5 Å². The van der Waals surface area contributed by atoms with Gasteiger partial charge in [0, 0.05) is 12.8 Å². The fraction of sp³-hybridized carbons (Fsp3) is 0.900. The summed E-state index contributed by atoms with van der Waals surface area (Å²) < 4.78 is 22.9. The molecule has 0 aromatic heterocycles. The summed E-state index contributed by atoms with van der Waals surface area (Å²) in [7, 11) is 5.98. The van der Waals surface area contributed by atoms with Gasteiger partial charge >= 0.3 is 17.9 Å². The zero-order chi connectivity index (χ0) is 57.6. The molecule has 2 unspecified atom stereocenters. The molecule has 0 aliphatic heterocycles. The van der Waals surface area contributed by atoms with E-state index < -0.39 is 18.4 Å². The second-order valence-corrected chi connectivity index (χ2v) is 24.8. The summed E-state index contributed by atoms with van der Waals surface area (Å²) in [5, 5.41) is 9.72. The summed E-state index contributed by atoms with van der Waals surface area (Å²) in [5.41, 5.74) is 0. The molecule has 0 rings (SSSR count). The van der Waals surface area contributed by atoms with Crippen molar-refractivity contribution in [1.29, 1.82) is 0 Å². The number of quaternary nitrogens is 1. The third kappa shape index (κ3) is 63.2. The molecule has 0 amide bonds. The number of rotatable bonds is 65. The summed E-state index contributed by atoms with van der Waals surface area (Å²) in [4.78, 5) is 37.5. The van der Waals surface area contributed by atoms with Crippen LogP contribution in [0.25, 0.3) is 0 Å². The van der Waals surface area contributed by atoms with E-state index in [1.165, 1.54) is 283 Å². The molecule has 0 aliphatic carbocycles. The van der Waals surface area contributed by atoms with Crippen molar-refractivity contribution in [3.63, 3.8) is 0 Å². The van der Waals surface area contributed by atoms with Crippen molar-refractivity contribution in [1.82, 2.24) is 0 Å². The van der Waals surface area contributed by atoms with Gasteiger partial charge in [-0.15, -0.1) is 0 Å². The van der Waals surface area contributed by atoms with Crippen LogP contribution >= 0.6 is 0 Å². The van der Waals surface area contributed by atoms with Gasteiger partial charge in [-0.1, -0.05) is 295 Å². The first-order valence-electron chi connectivity index (χ1n) is 34.5. The molecule has 0 heterocycles. The molecule has 0 aromatic rings. The second kappa shape index (κ2) is 61.8. The standard InChI is InChI=1S/C70H133NO8/c1-6-8-10-12-14-16-18-20-22-24-25-26-27-28-29-30-31-32-33-34-35-36-37-38-39-40-41-42-43-45-47-49-51-53-55-57-59-61-68(73)79-66(65-78-70(69(74)75)76-63-62-71(3,4)5)64-77-67(72)60-58-56-54-52-50-48-46-44-23-21-19-17-15-13-11-9-7-2/h21,23-25,66,70H,6-20,22,26-65H2,1-5H3/p+1/b23-21-,25-24-. The number of hydrogen-bond donors (Lipinski definition) is 1. The highest BCUT2D eigenvalue weighted by atomic mass is 16.7. The molecule has 0 aliphatic rings. The zero-order valence-corrected chi connectivity index (χ0v) is 53.3. The molecule has 0 spiro atoms. The van der Waals surface area contributed by atoms with Crippen molar-refractivity contribution in [3.05, 3.63) is 24.3 Å². The summed E-state index contributed by atoms with van der Waals surface area (Å²) in [5.74, 6) is -1.99. The average molecular weight is 1120 g/mol. The Bertz CT molecular complexity index is 1340. The monoisotopic (exact) mass is 1120 g/mol. The number of esters is 2. The molecule has 79 heavy (non-hydrogen) atoms. The van der Waals surface area contributed by atoms with Gasteiger partial charge in [0.05, 0.1) is 34.4 Å². The zero-order valence-electron chi connectivity index (χ0n) is 53.3. The molecular formula is C70H134NO8+. The van der Waals surface area contributed by atoms with Crippen molar-refractivity contribution in [3.8, 4) is 0 Å². The van der Waals surface area contributed by atoms with Crippen LogP contribution in [-0.2, 0) is 33.3 Å². The van der Waals surface area contributed by atoms with Gasteiger partial charge in [-0.25, -0.2) is 4.79 Å². The Morgan fingerprint density at radius 3 is 0.937 bits per heavy atom. The van der Waals surface area contributed by atoms with Crippen molar-refractivity contribution in [2.75, 3.05) is 47.5 Å². The largest absolute Gasteiger partial charge is 0.477 e. The molecule has 0 aromatic carbocycles. The predicted octanol–water partition coefficient (Wildman–Crippen LogP) is 21.0. The lowest BCUT2D eigenvalue weighted by Crippen LogP contribution is -2.40. The average Bonchev–Trinajstić information content (AvgIpc) is 3.42. The number of unbranched alkanes of at least 4 members (excludes halogenated alkanes) is 46. The number of carboxylic acids is 1. The Balaban J connectivity index is 3.97. The highest BCUT2D eigenvalue weighted by Crippen LogP contribution is 2.18. The van der Waals surface area contributed by atoms with Gasteiger partial charge in [-0.05, 0) is 64.2 Å². The first kappa shape index (κ1) is 76.8. The highest BCUT2D eigenvalue weighted by Gasteiger charge is 2.25. The van der Waals surface area contributed by atoms with Crippen LogP contribution < -0.4 is 0 Å². The minimum absolute atomic E-state index is 0.179. The highest BCUT2D eigenvalue weighted by molar-refractivity contribution is 5.71. The van der Waals surface area contributed by atoms with Gasteiger partial charge in [0.1, 0.15) is 13.2 Å². The van der Waals surface area contributed by atoms with Gasteiger partial charge in [0.2, 0.25) is 0 Å². The van der Waals surface area contributed by atoms with E-state index in [1.54, 1.807) is 0 Å². The Hall–Kier alpha value is -2.23. The third-order valence-electron chi connectivity index (χ3n) is 15.7. The SMILES string of the molecule is CCCCCCCC/C=C\CCCCCCCCCC(=O)OCC(COC(OCC[N+](C)(C)C)C(=O)O)OC(=O)CCCCCCCCCCCCCCCCCCCCCCCCCCC/C=C\CCCCCCCCCC. The van der Waals surface area contributed by atoms with Gasteiger partial charge in [0.25, 0.3) is 6.29 Å². The number of hydrogen-bond acceptors (Lipinski definition) is 7. The molecule has 9 nitrogen and oxygen atoms in total. The van der Waals surface area contributed by atoms with E-state index in [0.717, 1.165) is 38.5 Å². The van der Waals surface area contributed by atoms with E-state index in [0.29, 0.717) is 17.4 Å². The predicted molar refractivity (Wildman–Crippen MR) is 337 cm³/mol. The molecule has 1 N–H and O–H groups in total. The lowest BCUT2D eigenvalue weighted by atomic mass is 10.0. The Kier molecular flexibility index (Phi) is 60.1. The molecule has 0 radical (unpaired) electrons. The summed E-state index contributed by atoms with van der Waals surface area (Å²) in [6.45, 7) is 4.92. The topological polar surface area (TPSA) is 108 Å². The first-order chi connectivity index (χ1) is 38.6. The van der Waals surface area contributed by atoms with Crippen molar-refractivity contribution in [2.24, 2.45) is 0 Å². The maximum atomic E-state index is 12.9. The Morgan fingerprint density at radius 2 is 0.646 bits per heavy atom. The molecular weight excluding hydrogens is 983 g/mol. The molecule has 9 heteroatoms. The van der Waals surface area contributed by atoms with Crippen molar-refractivity contribution < 1.29 is 42.9 Å². The maximum Gasteiger partial charge on any atom is 0.361 e. The van der Waals surface area contributed by atoms with Crippen molar-refractivity contribution in [2.45, 2.75) is 360 Å². The van der Waals surface area contributed by atoms with Gasteiger partial charge in [-0.3, -0.25) is 9.59 Å². The van der Waals surface area contributed by atoms with Gasteiger partial charge < -0.3 is 28.5 Å². The number of aliphatic carboxylic acids is 1. The summed E-state index contributed by atoms with van der Waals surface area (Å²) in [6, 6.07) is 0. The van der Waals surface area contributed by atoms with E-state index in [-0.39, 0.29) is 38.2 Å². The minimum Gasteiger partial charge on any atom is -0.477 e. The van der Waals surface area contributed by atoms with Crippen LogP contribution in [0.4, 0.5) is 0 Å². The Labute approximate surface area is 490 Å². The summed E-state index contributed by atoms with van der Waals surface area (Å²) in [6.07, 6.45) is 73.1.